The smallest absolute Gasteiger partial charge is 0.373 e. The third-order valence-electron chi connectivity index (χ3n) is 2.73. The lowest BCUT2D eigenvalue weighted by Gasteiger charge is -2.10. The van der Waals surface area contributed by atoms with E-state index >= 15 is 0 Å². The normalized spacial score (nSPS) is 11.7. The average molecular weight is 302 g/mol. The quantitative estimate of drug-likeness (QED) is 0.942. The molecule has 2 rings (SSSR count). The van der Waals surface area contributed by atoms with Crippen LogP contribution in [0.1, 0.15) is 23.3 Å². The highest BCUT2D eigenvalue weighted by Gasteiger charge is 2.35. The molecule has 0 saturated heterocycles. The van der Waals surface area contributed by atoms with Gasteiger partial charge >= 0.3 is 6.18 Å². The van der Waals surface area contributed by atoms with Crippen molar-refractivity contribution in [2.75, 3.05) is 12.4 Å². The summed E-state index contributed by atoms with van der Waals surface area (Å²) in [5, 5.41) is 2.06. The zero-order chi connectivity index (χ0) is 14.9. The Bertz CT molecular complexity index is 622. The van der Waals surface area contributed by atoms with Crippen LogP contribution in [0.15, 0.2) is 6.20 Å². The highest BCUT2D eigenvalue weighted by atomic mass is 32.1. The van der Waals surface area contributed by atoms with Gasteiger partial charge in [0.05, 0.1) is 10.6 Å². The number of halogens is 3. The molecule has 0 aliphatic heterocycles. The number of rotatable bonds is 3. The van der Waals surface area contributed by atoms with Gasteiger partial charge in [0.15, 0.2) is 5.01 Å². The summed E-state index contributed by atoms with van der Waals surface area (Å²) in [6.07, 6.45) is -2.61. The molecule has 0 unspecified atom stereocenters. The maximum absolute atomic E-state index is 12.6. The van der Waals surface area contributed by atoms with Gasteiger partial charge in [0.1, 0.15) is 11.6 Å². The summed E-state index contributed by atoms with van der Waals surface area (Å²) in [5.74, 6) is 1.20. The zero-order valence-electron chi connectivity index (χ0n) is 11.2. The minimum Gasteiger partial charge on any atom is -0.373 e. The summed E-state index contributed by atoms with van der Waals surface area (Å²) >= 11 is 0.591. The van der Waals surface area contributed by atoms with Crippen LogP contribution in [0.2, 0.25) is 0 Å². The molecule has 2 aromatic rings. The van der Waals surface area contributed by atoms with Crippen LogP contribution in [-0.4, -0.2) is 22.0 Å². The number of aryl methyl sites for hydroxylation is 1. The molecular weight excluding hydrogens is 289 g/mol. The van der Waals surface area contributed by atoms with Crippen LogP contribution >= 0.6 is 11.3 Å². The molecule has 0 aliphatic carbocycles. The van der Waals surface area contributed by atoms with Crippen molar-refractivity contribution in [2.45, 2.75) is 26.4 Å². The number of aromatic nitrogens is 3. The van der Waals surface area contributed by atoms with Gasteiger partial charge in [-0.05, 0) is 6.92 Å². The second-order valence-corrected chi connectivity index (χ2v) is 5.12. The first-order valence-corrected chi connectivity index (χ1v) is 6.77. The maximum atomic E-state index is 12.6. The average Bonchev–Trinajstić information content (AvgIpc) is 2.88. The predicted molar refractivity (Wildman–Crippen MR) is 71.8 cm³/mol. The number of thiazole rings is 1. The Morgan fingerprint density at radius 3 is 2.50 bits per heavy atom. The third kappa shape index (κ3) is 2.74. The lowest BCUT2D eigenvalue weighted by atomic mass is 10.2. The molecule has 4 nitrogen and oxygen atoms in total. The third-order valence-corrected chi connectivity index (χ3v) is 3.78. The van der Waals surface area contributed by atoms with Gasteiger partial charge in [0.2, 0.25) is 0 Å². The van der Waals surface area contributed by atoms with E-state index in [0.717, 1.165) is 0 Å². The molecule has 0 atom stereocenters. The van der Waals surface area contributed by atoms with Crippen LogP contribution in [0.4, 0.5) is 19.0 Å². The molecular formula is C12H13F3N4S. The molecule has 1 N–H and O–H groups in total. The van der Waals surface area contributed by atoms with E-state index in [1.54, 1.807) is 14.0 Å². The van der Waals surface area contributed by atoms with Crippen LogP contribution in [0.3, 0.4) is 0 Å². The van der Waals surface area contributed by atoms with Crippen molar-refractivity contribution in [1.82, 2.24) is 15.0 Å². The van der Waals surface area contributed by atoms with E-state index < -0.39 is 11.2 Å². The standard InChI is InChI=1S/C12H13F3N4S/c1-4-8-18-9(6(2)10(16-3)19-8)7-5-17-11(20-7)12(13,14)15/h5H,4H2,1-3H3,(H,16,18,19). The Labute approximate surface area is 118 Å². The molecule has 0 aromatic carbocycles. The van der Waals surface area contributed by atoms with Crippen molar-refractivity contribution < 1.29 is 13.2 Å². The predicted octanol–water partition coefficient (Wildman–Crippen LogP) is 3.53. The SMILES string of the molecule is CCc1nc(NC)c(C)c(-c2cnc(C(F)(F)F)s2)n1. The molecule has 8 heteroatoms. The largest absolute Gasteiger partial charge is 0.443 e. The van der Waals surface area contributed by atoms with E-state index in [2.05, 4.69) is 20.3 Å². The van der Waals surface area contributed by atoms with Crippen LogP contribution in [0.25, 0.3) is 10.6 Å². The zero-order valence-corrected chi connectivity index (χ0v) is 12.0. The molecule has 0 fully saturated rings. The van der Waals surface area contributed by atoms with E-state index in [1.807, 2.05) is 6.92 Å². The second kappa shape index (κ2) is 5.35. The Kier molecular flexibility index (Phi) is 3.94. The van der Waals surface area contributed by atoms with E-state index in [-0.39, 0.29) is 0 Å². The first-order valence-electron chi connectivity index (χ1n) is 5.95. The van der Waals surface area contributed by atoms with Crippen molar-refractivity contribution in [3.05, 3.63) is 22.6 Å². The second-order valence-electron chi connectivity index (χ2n) is 4.09. The molecule has 0 spiro atoms. The van der Waals surface area contributed by atoms with E-state index in [1.165, 1.54) is 6.20 Å². The monoisotopic (exact) mass is 302 g/mol. The van der Waals surface area contributed by atoms with Gasteiger partial charge in [-0.3, -0.25) is 0 Å². The Morgan fingerprint density at radius 2 is 2.00 bits per heavy atom. The van der Waals surface area contributed by atoms with E-state index in [9.17, 15) is 13.2 Å². The highest BCUT2D eigenvalue weighted by Crippen LogP contribution is 2.37. The Balaban J connectivity index is 2.54. The van der Waals surface area contributed by atoms with Gasteiger partial charge in [0, 0.05) is 25.2 Å². The molecule has 0 amide bonds. The number of alkyl halides is 3. The lowest BCUT2D eigenvalue weighted by Crippen LogP contribution is -2.04. The highest BCUT2D eigenvalue weighted by molar-refractivity contribution is 7.15. The lowest BCUT2D eigenvalue weighted by molar-refractivity contribution is -0.137. The van der Waals surface area contributed by atoms with Crippen molar-refractivity contribution in [2.24, 2.45) is 0 Å². The molecule has 108 valence electrons. The fourth-order valence-electron chi connectivity index (χ4n) is 1.72. The van der Waals surface area contributed by atoms with E-state index in [0.29, 0.717) is 45.5 Å². The number of hydrogen-bond donors (Lipinski definition) is 1. The van der Waals surface area contributed by atoms with Crippen molar-refractivity contribution >= 4 is 17.2 Å². The van der Waals surface area contributed by atoms with Crippen LogP contribution in [0.5, 0.6) is 0 Å². The molecule has 2 heterocycles. The van der Waals surface area contributed by atoms with Crippen molar-refractivity contribution in [1.29, 1.82) is 0 Å². The van der Waals surface area contributed by atoms with Crippen molar-refractivity contribution in [3.8, 4) is 10.6 Å². The first kappa shape index (κ1) is 14.7. The topological polar surface area (TPSA) is 50.7 Å². The molecule has 0 radical (unpaired) electrons. The number of anilines is 1. The molecule has 0 bridgehead atoms. The van der Waals surface area contributed by atoms with Crippen molar-refractivity contribution in [3.63, 3.8) is 0 Å². The summed E-state index contributed by atoms with van der Waals surface area (Å²) in [6.45, 7) is 3.66. The first-order chi connectivity index (χ1) is 9.36. The summed E-state index contributed by atoms with van der Waals surface area (Å²) in [6, 6.07) is 0. The van der Waals surface area contributed by atoms with E-state index in [4.69, 9.17) is 0 Å². The van der Waals surface area contributed by atoms with Gasteiger partial charge < -0.3 is 5.32 Å². The molecule has 20 heavy (non-hydrogen) atoms. The van der Waals surface area contributed by atoms with Crippen LogP contribution < -0.4 is 5.32 Å². The van der Waals surface area contributed by atoms with Gasteiger partial charge in [-0.2, -0.15) is 13.2 Å². The van der Waals surface area contributed by atoms with Gasteiger partial charge in [-0.1, -0.05) is 6.92 Å². The van der Waals surface area contributed by atoms with Gasteiger partial charge in [0.25, 0.3) is 0 Å². The number of nitrogens with zero attached hydrogens (tertiary/aromatic N) is 3. The summed E-state index contributed by atoms with van der Waals surface area (Å²) in [7, 11) is 1.71. The molecule has 0 saturated carbocycles. The fourth-order valence-corrected chi connectivity index (χ4v) is 2.55. The van der Waals surface area contributed by atoms with Crippen LogP contribution in [0, 0.1) is 6.92 Å². The number of hydrogen-bond acceptors (Lipinski definition) is 5. The molecule has 0 aliphatic rings. The molecule has 2 aromatic heterocycles. The minimum absolute atomic E-state index is 0.392. The van der Waals surface area contributed by atoms with Gasteiger partial charge in [-0.15, -0.1) is 11.3 Å². The summed E-state index contributed by atoms with van der Waals surface area (Å²) < 4.78 is 37.8. The Morgan fingerprint density at radius 1 is 1.30 bits per heavy atom. The minimum atomic E-state index is -4.43. The Hall–Kier alpha value is -1.70. The summed E-state index contributed by atoms with van der Waals surface area (Å²) in [5.41, 5.74) is 1.20. The summed E-state index contributed by atoms with van der Waals surface area (Å²) in [4.78, 5) is 12.4. The maximum Gasteiger partial charge on any atom is 0.443 e. The van der Waals surface area contributed by atoms with Gasteiger partial charge in [-0.25, -0.2) is 15.0 Å². The van der Waals surface area contributed by atoms with Crippen LogP contribution in [-0.2, 0) is 12.6 Å². The fraction of sp³-hybridized carbons (Fsp3) is 0.417. The number of nitrogens with one attached hydrogen (secondary N) is 1.